The Labute approximate surface area is 246 Å². The average Bonchev–Trinajstić information content (AvgIpc) is 2.93. The smallest absolute Gasteiger partial charge is 0.475 e. The first-order chi connectivity index (χ1) is 20.3. The van der Waals surface area contributed by atoms with Gasteiger partial charge in [0.2, 0.25) is 0 Å². The highest BCUT2D eigenvalue weighted by molar-refractivity contribution is 5.73. The van der Waals surface area contributed by atoms with Crippen LogP contribution in [0.25, 0.3) is 11.1 Å². The molecule has 0 unspecified atom stereocenters. The lowest BCUT2D eigenvalue weighted by molar-refractivity contribution is -0.376. The second-order valence-electron chi connectivity index (χ2n) is 10.1. The standard InChI is InChI=1S/C27H27F6N3O.C2HF3O2/c1-19-16-21(18-36-14-12-35(13-15-36)17-20-8-10-34-11-9-20)2-7-24(19)22-3-5-23(6-4-22)25(37,26(28,29)30)27(31,32)33;3-2(4,5)1(6)7/h2-11,16,37H,12-15,17-18H2,1H3;(H,6,7). The minimum Gasteiger partial charge on any atom is -0.475 e. The summed E-state index contributed by atoms with van der Waals surface area (Å²) in [6.07, 6.45) is -13.3. The van der Waals surface area contributed by atoms with Crippen LogP contribution in [-0.4, -0.2) is 75.7 Å². The molecule has 0 bridgehead atoms. The molecule has 0 saturated carbocycles. The summed E-state index contributed by atoms with van der Waals surface area (Å²) in [5.41, 5.74) is -1.89. The molecule has 0 aliphatic carbocycles. The monoisotopic (exact) mass is 637 g/mol. The van der Waals surface area contributed by atoms with Gasteiger partial charge in [0.1, 0.15) is 0 Å². The van der Waals surface area contributed by atoms with Crippen molar-refractivity contribution in [3.05, 3.63) is 89.2 Å². The van der Waals surface area contributed by atoms with E-state index in [0.717, 1.165) is 50.4 Å². The summed E-state index contributed by atoms with van der Waals surface area (Å²) in [6.45, 7) is 7.17. The zero-order valence-corrected chi connectivity index (χ0v) is 23.1. The molecule has 44 heavy (non-hydrogen) atoms. The zero-order valence-electron chi connectivity index (χ0n) is 23.1. The van der Waals surface area contributed by atoms with Crippen molar-refractivity contribution in [1.29, 1.82) is 0 Å². The number of aromatic nitrogens is 1. The van der Waals surface area contributed by atoms with E-state index in [0.29, 0.717) is 23.3 Å². The molecule has 4 rings (SSSR count). The maximum atomic E-state index is 13.2. The topological polar surface area (TPSA) is 76.9 Å². The number of nitrogens with zero attached hydrogens (tertiary/aromatic N) is 3. The highest BCUT2D eigenvalue weighted by atomic mass is 19.4. The minimum absolute atomic E-state index is 0.462. The van der Waals surface area contributed by atoms with Gasteiger partial charge in [0.25, 0.3) is 5.60 Å². The molecule has 2 aromatic carbocycles. The predicted octanol–water partition coefficient (Wildman–Crippen LogP) is 6.32. The molecule has 2 N–H and O–H groups in total. The third-order valence-corrected chi connectivity index (χ3v) is 6.99. The molecule has 0 amide bonds. The number of aliphatic hydroxyl groups is 1. The summed E-state index contributed by atoms with van der Waals surface area (Å²) in [7, 11) is 0. The van der Waals surface area contributed by atoms with E-state index in [1.165, 1.54) is 17.7 Å². The molecule has 15 heteroatoms. The molecule has 1 fully saturated rings. The van der Waals surface area contributed by atoms with Crippen molar-refractivity contribution in [3.63, 3.8) is 0 Å². The van der Waals surface area contributed by atoms with Crippen LogP contribution < -0.4 is 0 Å². The first kappa shape index (κ1) is 34.8. The second-order valence-corrected chi connectivity index (χ2v) is 10.1. The average molecular weight is 638 g/mol. The zero-order chi connectivity index (χ0) is 32.9. The van der Waals surface area contributed by atoms with Crippen LogP contribution in [0.4, 0.5) is 39.5 Å². The summed E-state index contributed by atoms with van der Waals surface area (Å²) in [5.74, 6) is -2.76. The Morgan fingerprint density at radius 3 is 1.61 bits per heavy atom. The van der Waals surface area contributed by atoms with E-state index in [1.54, 1.807) is 12.4 Å². The van der Waals surface area contributed by atoms with Crippen molar-refractivity contribution >= 4 is 5.97 Å². The van der Waals surface area contributed by atoms with Crippen LogP contribution in [-0.2, 0) is 23.5 Å². The normalized spacial score (nSPS) is 15.4. The van der Waals surface area contributed by atoms with Gasteiger partial charge in [0.15, 0.2) is 0 Å². The van der Waals surface area contributed by atoms with Crippen molar-refractivity contribution < 1.29 is 54.5 Å². The predicted molar refractivity (Wildman–Crippen MR) is 141 cm³/mol. The number of aryl methyl sites for hydroxylation is 1. The van der Waals surface area contributed by atoms with Gasteiger partial charge in [-0.05, 0) is 46.9 Å². The van der Waals surface area contributed by atoms with E-state index in [1.807, 2.05) is 37.3 Å². The number of rotatable bonds is 6. The summed E-state index contributed by atoms with van der Waals surface area (Å²) in [6, 6.07) is 13.4. The van der Waals surface area contributed by atoms with Crippen molar-refractivity contribution in [1.82, 2.24) is 14.8 Å². The SMILES string of the molecule is Cc1cc(CN2CCN(Cc3ccncc3)CC2)ccc1-c1ccc(C(O)(C(F)(F)F)C(F)(F)F)cc1.O=C(O)C(F)(F)F. The largest absolute Gasteiger partial charge is 0.490 e. The van der Waals surface area contributed by atoms with Crippen LogP contribution in [0.3, 0.4) is 0 Å². The van der Waals surface area contributed by atoms with E-state index < -0.39 is 35.7 Å². The maximum Gasteiger partial charge on any atom is 0.490 e. The molecule has 1 saturated heterocycles. The van der Waals surface area contributed by atoms with Crippen molar-refractivity contribution in [2.45, 2.75) is 44.1 Å². The van der Waals surface area contributed by atoms with Crippen molar-refractivity contribution in [3.8, 4) is 11.1 Å². The lowest BCUT2D eigenvalue weighted by Crippen LogP contribution is -2.53. The van der Waals surface area contributed by atoms with E-state index in [9.17, 15) is 44.6 Å². The van der Waals surface area contributed by atoms with Gasteiger partial charge < -0.3 is 10.2 Å². The quantitative estimate of drug-likeness (QED) is 0.308. The number of carboxylic acids is 1. The molecule has 2 heterocycles. The van der Waals surface area contributed by atoms with Crippen LogP contribution in [0.5, 0.6) is 0 Å². The number of pyridine rings is 1. The molecule has 0 spiro atoms. The molecule has 1 aliphatic heterocycles. The molecule has 3 aromatic rings. The Morgan fingerprint density at radius 2 is 1.20 bits per heavy atom. The van der Waals surface area contributed by atoms with Gasteiger partial charge in [-0.25, -0.2) is 4.79 Å². The molecule has 0 atom stereocenters. The Balaban J connectivity index is 0.000000676. The third-order valence-electron chi connectivity index (χ3n) is 6.99. The molecule has 1 aromatic heterocycles. The molecule has 1 aliphatic rings. The van der Waals surface area contributed by atoms with Gasteiger partial charge in [-0.2, -0.15) is 39.5 Å². The summed E-state index contributed by atoms with van der Waals surface area (Å²) < 4.78 is 111. The fourth-order valence-electron chi connectivity index (χ4n) is 4.64. The van der Waals surface area contributed by atoms with Crippen LogP contribution >= 0.6 is 0 Å². The fourth-order valence-corrected chi connectivity index (χ4v) is 4.64. The van der Waals surface area contributed by atoms with Gasteiger partial charge in [-0.3, -0.25) is 14.8 Å². The number of carbonyl (C=O) groups is 1. The van der Waals surface area contributed by atoms with Crippen LogP contribution in [0, 0.1) is 6.92 Å². The molecule has 240 valence electrons. The number of benzene rings is 2. The Bertz CT molecular complexity index is 1370. The number of hydrogen-bond donors (Lipinski definition) is 2. The summed E-state index contributed by atoms with van der Waals surface area (Å²) in [4.78, 5) is 17.7. The number of hydrogen-bond acceptors (Lipinski definition) is 5. The number of halogens is 9. The van der Waals surface area contributed by atoms with E-state index in [4.69, 9.17) is 9.90 Å². The summed E-state index contributed by atoms with van der Waals surface area (Å²) >= 11 is 0. The number of carboxylic acid groups (broad SMARTS) is 1. The van der Waals surface area contributed by atoms with Crippen molar-refractivity contribution in [2.24, 2.45) is 0 Å². The highest BCUT2D eigenvalue weighted by Crippen LogP contribution is 2.50. The second kappa shape index (κ2) is 13.5. The van der Waals surface area contributed by atoms with Crippen LogP contribution in [0.2, 0.25) is 0 Å². The Morgan fingerprint density at radius 1 is 0.750 bits per heavy atom. The molecule has 6 nitrogen and oxygen atoms in total. The van der Waals surface area contributed by atoms with Gasteiger partial charge in [0, 0.05) is 57.2 Å². The van der Waals surface area contributed by atoms with Gasteiger partial charge in [0.05, 0.1) is 0 Å². The summed E-state index contributed by atoms with van der Waals surface area (Å²) in [5, 5.41) is 16.7. The van der Waals surface area contributed by atoms with Gasteiger partial charge >= 0.3 is 24.5 Å². The van der Waals surface area contributed by atoms with Crippen LogP contribution in [0.1, 0.15) is 22.3 Å². The molecular weight excluding hydrogens is 609 g/mol. The van der Waals surface area contributed by atoms with Crippen LogP contribution in [0.15, 0.2) is 67.0 Å². The van der Waals surface area contributed by atoms with Gasteiger partial charge in [-0.15, -0.1) is 0 Å². The number of alkyl halides is 9. The Kier molecular flexibility index (Phi) is 10.7. The van der Waals surface area contributed by atoms with E-state index in [-0.39, 0.29) is 0 Å². The fraction of sp³-hybridized carbons (Fsp3) is 0.379. The Hall–Kier alpha value is -3.69. The lowest BCUT2D eigenvalue weighted by atomic mass is 9.90. The van der Waals surface area contributed by atoms with E-state index in [2.05, 4.69) is 14.8 Å². The molecule has 0 radical (unpaired) electrons. The highest BCUT2D eigenvalue weighted by Gasteiger charge is 2.71. The molecular formula is C29H28F9N3O3. The first-order valence-electron chi connectivity index (χ1n) is 13.0. The van der Waals surface area contributed by atoms with Crippen molar-refractivity contribution in [2.75, 3.05) is 26.2 Å². The van der Waals surface area contributed by atoms with E-state index >= 15 is 0 Å². The van der Waals surface area contributed by atoms with Gasteiger partial charge in [-0.1, -0.05) is 42.5 Å². The minimum atomic E-state index is -5.91. The third kappa shape index (κ3) is 8.48. The first-order valence-corrected chi connectivity index (χ1v) is 13.0. The lowest BCUT2D eigenvalue weighted by Gasteiger charge is -2.34. The number of aliphatic carboxylic acids is 1. The number of piperazine rings is 1. The maximum absolute atomic E-state index is 13.2.